The van der Waals surface area contributed by atoms with Crippen molar-refractivity contribution >= 4 is 23.6 Å². The van der Waals surface area contributed by atoms with Gasteiger partial charge >= 0.3 is 0 Å². The van der Waals surface area contributed by atoms with Crippen molar-refractivity contribution in [2.45, 2.75) is 24.1 Å². The van der Waals surface area contributed by atoms with Crippen LogP contribution in [0.5, 0.6) is 17.2 Å². The molecule has 0 saturated heterocycles. The van der Waals surface area contributed by atoms with Gasteiger partial charge in [0.15, 0.2) is 17.3 Å². The first-order valence-corrected chi connectivity index (χ1v) is 12.0. The van der Waals surface area contributed by atoms with Crippen LogP contribution in [-0.4, -0.2) is 31.1 Å². The molecule has 0 atom stereocenters. The minimum atomic E-state index is -2.73. The third kappa shape index (κ3) is 5.66. The van der Waals surface area contributed by atoms with Crippen molar-refractivity contribution < 1.29 is 27.8 Å². The number of benzene rings is 2. The Labute approximate surface area is 211 Å². The van der Waals surface area contributed by atoms with E-state index in [0.29, 0.717) is 47.3 Å². The van der Waals surface area contributed by atoms with Crippen molar-refractivity contribution in [3.8, 4) is 23.3 Å². The molecule has 2 heterocycles. The van der Waals surface area contributed by atoms with Gasteiger partial charge in [0.05, 0.1) is 12.7 Å². The number of methoxy groups -OCH3 is 1. The van der Waals surface area contributed by atoms with Crippen LogP contribution in [-0.2, 0) is 5.75 Å². The van der Waals surface area contributed by atoms with Crippen molar-refractivity contribution in [2.75, 3.05) is 20.3 Å². The molecule has 1 aliphatic heterocycles. The third-order valence-electron chi connectivity index (χ3n) is 5.46. The van der Waals surface area contributed by atoms with Gasteiger partial charge < -0.3 is 14.2 Å². The molecule has 3 aromatic rings. The summed E-state index contributed by atoms with van der Waals surface area (Å²) in [6, 6.07) is 13.8. The Balaban J connectivity index is 1.53. The number of allylic oxidation sites excluding steroid dienone is 1. The first-order chi connectivity index (χ1) is 17.4. The minimum Gasteiger partial charge on any atom is -0.496 e. The number of aryl methyl sites for hydroxylation is 1. The molecule has 1 aromatic heterocycles. The number of carbonyl (C=O) groups is 1. The molecule has 0 N–H and O–H groups in total. The molecule has 0 fully saturated rings. The maximum Gasteiger partial charge on any atom is 0.280 e. The monoisotopic (exact) mass is 508 g/mol. The molecule has 2 aromatic carbocycles. The number of pyridine rings is 1. The fourth-order valence-electron chi connectivity index (χ4n) is 3.65. The molecule has 0 saturated carbocycles. The van der Waals surface area contributed by atoms with E-state index in [2.05, 4.69) is 4.98 Å². The van der Waals surface area contributed by atoms with Gasteiger partial charge in [-0.05, 0) is 60.5 Å². The Kier molecular flexibility index (Phi) is 7.86. The van der Waals surface area contributed by atoms with Crippen LogP contribution in [0.4, 0.5) is 8.78 Å². The summed E-state index contributed by atoms with van der Waals surface area (Å²) >= 11 is 1.18. The van der Waals surface area contributed by atoms with Gasteiger partial charge in [-0.3, -0.25) is 4.79 Å². The molecule has 0 aliphatic carbocycles. The molecule has 36 heavy (non-hydrogen) atoms. The topological polar surface area (TPSA) is 81.4 Å². The Hall–Kier alpha value is -3.90. The van der Waals surface area contributed by atoms with Gasteiger partial charge in [-0.25, -0.2) is 13.8 Å². The number of nitrogens with zero attached hydrogens (tertiary/aromatic N) is 2. The second kappa shape index (κ2) is 11.2. The van der Waals surface area contributed by atoms with Gasteiger partial charge in [0.2, 0.25) is 0 Å². The Morgan fingerprint density at radius 3 is 2.69 bits per heavy atom. The molecule has 0 radical (unpaired) electrons. The Morgan fingerprint density at radius 2 is 1.97 bits per heavy atom. The first kappa shape index (κ1) is 25.2. The second-order valence-electron chi connectivity index (χ2n) is 7.87. The minimum absolute atomic E-state index is 0.194. The van der Waals surface area contributed by atoms with E-state index in [-0.39, 0.29) is 22.1 Å². The molecule has 0 spiro atoms. The summed E-state index contributed by atoms with van der Waals surface area (Å²) in [7, 11) is 1.53. The number of rotatable bonds is 8. The normalized spacial score (nSPS) is 12.6. The van der Waals surface area contributed by atoms with Crippen LogP contribution >= 0.6 is 11.8 Å². The van der Waals surface area contributed by atoms with Crippen LogP contribution < -0.4 is 14.2 Å². The van der Waals surface area contributed by atoms with Crippen LogP contribution in [0.25, 0.3) is 6.08 Å². The highest BCUT2D eigenvalue weighted by Crippen LogP contribution is 2.33. The van der Waals surface area contributed by atoms with Crippen LogP contribution in [0.15, 0.2) is 53.6 Å². The average Bonchev–Trinajstić information content (AvgIpc) is 2.89. The zero-order valence-corrected chi connectivity index (χ0v) is 20.4. The molecular formula is C27H22F2N2O4S. The highest BCUT2D eigenvalue weighted by Gasteiger charge is 2.17. The SMILES string of the molecule is COc1ccc(/C=C/C(=O)c2ccc3c(c2)OCCO3)cc1CSc1nc(C(F)F)cc(C)c1C#N. The second-order valence-corrected chi connectivity index (χ2v) is 8.84. The number of nitriles is 1. The summed E-state index contributed by atoms with van der Waals surface area (Å²) in [5, 5.41) is 9.72. The molecule has 6 nitrogen and oxygen atoms in total. The van der Waals surface area contributed by atoms with E-state index in [0.717, 1.165) is 11.1 Å². The zero-order chi connectivity index (χ0) is 25.7. The quantitative estimate of drug-likeness (QED) is 0.205. The molecule has 1 aliphatic rings. The summed E-state index contributed by atoms with van der Waals surface area (Å²) in [4.78, 5) is 16.7. The molecule has 0 bridgehead atoms. The standard InChI is InChI=1S/C27H22F2N2O4S/c1-16-11-21(26(28)29)31-27(20(16)14-30)36-15-19-12-17(4-7-23(19)33-2)3-6-22(32)18-5-8-24-25(13-18)35-10-9-34-24/h3-8,11-13,26H,9-10,15H2,1-2H3/b6-3+. The first-order valence-electron chi connectivity index (χ1n) is 11.0. The Bertz CT molecular complexity index is 1370. The van der Waals surface area contributed by atoms with Gasteiger partial charge in [0.1, 0.15) is 35.8 Å². The van der Waals surface area contributed by atoms with E-state index in [4.69, 9.17) is 14.2 Å². The van der Waals surface area contributed by atoms with Crippen molar-refractivity contribution in [3.63, 3.8) is 0 Å². The number of ketones is 1. The lowest BCUT2D eigenvalue weighted by Gasteiger charge is -2.18. The number of ether oxygens (including phenoxy) is 3. The number of halogens is 2. The van der Waals surface area contributed by atoms with Crippen molar-refractivity contribution in [1.29, 1.82) is 5.26 Å². The number of aromatic nitrogens is 1. The van der Waals surface area contributed by atoms with E-state index in [1.54, 1.807) is 43.3 Å². The van der Waals surface area contributed by atoms with Crippen LogP contribution in [0.3, 0.4) is 0 Å². The van der Waals surface area contributed by atoms with Crippen LogP contribution in [0.2, 0.25) is 0 Å². The van der Waals surface area contributed by atoms with Crippen molar-refractivity contribution in [1.82, 2.24) is 4.98 Å². The van der Waals surface area contributed by atoms with E-state index in [1.165, 1.54) is 31.0 Å². The molecule has 9 heteroatoms. The predicted molar refractivity (Wildman–Crippen MR) is 132 cm³/mol. The lowest BCUT2D eigenvalue weighted by atomic mass is 10.1. The summed E-state index contributed by atoms with van der Waals surface area (Å²) in [6.45, 7) is 2.52. The molecule has 184 valence electrons. The van der Waals surface area contributed by atoms with E-state index in [1.807, 2.05) is 12.1 Å². The lowest BCUT2D eigenvalue weighted by Crippen LogP contribution is -2.15. The fourth-order valence-corrected chi connectivity index (χ4v) is 4.68. The number of fused-ring (bicyclic) bond motifs is 1. The van der Waals surface area contributed by atoms with E-state index >= 15 is 0 Å². The summed E-state index contributed by atoms with van der Waals surface area (Å²) in [5.74, 6) is 1.89. The Morgan fingerprint density at radius 1 is 1.19 bits per heavy atom. The van der Waals surface area contributed by atoms with Crippen molar-refractivity contribution in [3.05, 3.63) is 82.1 Å². The van der Waals surface area contributed by atoms with Gasteiger partial charge in [0.25, 0.3) is 6.43 Å². The number of hydrogen-bond acceptors (Lipinski definition) is 7. The smallest absolute Gasteiger partial charge is 0.280 e. The summed E-state index contributed by atoms with van der Waals surface area (Å²) in [6.07, 6.45) is 0.424. The number of thioether (sulfide) groups is 1. The maximum atomic E-state index is 13.2. The van der Waals surface area contributed by atoms with Gasteiger partial charge in [-0.2, -0.15) is 5.26 Å². The largest absolute Gasteiger partial charge is 0.496 e. The highest BCUT2D eigenvalue weighted by molar-refractivity contribution is 7.98. The molecule has 0 amide bonds. The van der Waals surface area contributed by atoms with E-state index < -0.39 is 6.43 Å². The zero-order valence-electron chi connectivity index (χ0n) is 19.6. The predicted octanol–water partition coefficient (Wildman–Crippen LogP) is 6.17. The van der Waals surface area contributed by atoms with Gasteiger partial charge in [0, 0.05) is 16.9 Å². The highest BCUT2D eigenvalue weighted by atomic mass is 32.2. The number of alkyl halides is 2. The lowest BCUT2D eigenvalue weighted by molar-refractivity contribution is 0.104. The van der Waals surface area contributed by atoms with Gasteiger partial charge in [-0.1, -0.05) is 12.1 Å². The fraction of sp³-hybridized carbons (Fsp3) is 0.222. The van der Waals surface area contributed by atoms with Crippen LogP contribution in [0, 0.1) is 18.3 Å². The van der Waals surface area contributed by atoms with E-state index in [9.17, 15) is 18.8 Å². The summed E-state index contributed by atoms with van der Waals surface area (Å²) < 4.78 is 42.9. The third-order valence-corrected chi connectivity index (χ3v) is 6.49. The summed E-state index contributed by atoms with van der Waals surface area (Å²) in [5.41, 5.74) is 2.35. The van der Waals surface area contributed by atoms with Gasteiger partial charge in [-0.15, -0.1) is 11.8 Å². The molecular weight excluding hydrogens is 486 g/mol. The number of hydrogen-bond donors (Lipinski definition) is 0. The van der Waals surface area contributed by atoms with Crippen molar-refractivity contribution in [2.24, 2.45) is 0 Å². The van der Waals surface area contributed by atoms with Crippen LogP contribution in [0.1, 0.15) is 44.7 Å². The average molecular weight is 509 g/mol. The molecule has 4 rings (SSSR count). The molecule has 0 unspecified atom stereocenters. The number of carbonyl (C=O) groups excluding carboxylic acids is 1. The maximum absolute atomic E-state index is 13.2.